The highest BCUT2D eigenvalue weighted by Crippen LogP contribution is 2.08. The van der Waals surface area contributed by atoms with Crippen LogP contribution in [0.25, 0.3) is 0 Å². The molecule has 0 bridgehead atoms. The smallest absolute Gasteiger partial charge is 0.326 e. The summed E-state index contributed by atoms with van der Waals surface area (Å²) in [5, 5.41) is 10.5. The number of hydroxylamine groups is 1. The Morgan fingerprint density at radius 3 is 2.27 bits per heavy atom. The third kappa shape index (κ3) is 3.04. The predicted octanol–water partition coefficient (Wildman–Crippen LogP) is -0.411. The number of amides is 2. The molecule has 6 heteroatoms. The molecule has 0 saturated heterocycles. The molecule has 80 valence electrons. The predicted molar refractivity (Wildman–Crippen MR) is 52.9 cm³/mol. The Kier molecular flexibility index (Phi) is 3.78. The van der Waals surface area contributed by atoms with Crippen molar-refractivity contribution in [3.05, 3.63) is 29.8 Å². The highest BCUT2D eigenvalue weighted by atomic mass is 16.5. The lowest BCUT2D eigenvalue weighted by molar-refractivity contribution is -0.141. The van der Waals surface area contributed by atoms with Crippen molar-refractivity contribution in [2.75, 3.05) is 5.32 Å². The Morgan fingerprint density at radius 1 is 1.20 bits per heavy atom. The monoisotopic (exact) mass is 209 g/mol. The lowest BCUT2D eigenvalue weighted by Crippen LogP contribution is -2.33. The Hall–Kier alpha value is -1.92. The Morgan fingerprint density at radius 2 is 1.80 bits per heavy atom. The number of rotatable bonds is 2. The Labute approximate surface area is 86.0 Å². The molecule has 0 heterocycles. The van der Waals surface area contributed by atoms with E-state index in [0.29, 0.717) is 12.2 Å². The van der Waals surface area contributed by atoms with E-state index in [9.17, 15) is 9.59 Å². The summed E-state index contributed by atoms with van der Waals surface area (Å²) in [6.07, 6.45) is 0. The van der Waals surface area contributed by atoms with Gasteiger partial charge in [0.05, 0.1) is 0 Å². The Bertz CT molecular complexity index is 361. The first-order valence-electron chi connectivity index (χ1n) is 4.22. The fourth-order valence-corrected chi connectivity index (χ4v) is 0.963. The van der Waals surface area contributed by atoms with Crippen LogP contribution in [0.2, 0.25) is 0 Å². The molecule has 0 spiro atoms. The Balaban J connectivity index is 2.65. The summed E-state index contributed by atoms with van der Waals surface area (Å²) in [5.74, 6) is -2.05. The van der Waals surface area contributed by atoms with Crippen LogP contribution in [-0.2, 0) is 16.1 Å². The van der Waals surface area contributed by atoms with Gasteiger partial charge in [-0.3, -0.25) is 14.8 Å². The van der Waals surface area contributed by atoms with Gasteiger partial charge in [0.2, 0.25) is 0 Å². The van der Waals surface area contributed by atoms with Crippen molar-refractivity contribution in [2.24, 2.45) is 5.73 Å². The number of benzene rings is 1. The average molecular weight is 209 g/mol. The van der Waals surface area contributed by atoms with Crippen LogP contribution in [0.5, 0.6) is 0 Å². The number of anilines is 1. The van der Waals surface area contributed by atoms with Gasteiger partial charge in [0.15, 0.2) is 0 Å². The first kappa shape index (κ1) is 11.2. The molecule has 0 aliphatic carbocycles. The molecule has 0 radical (unpaired) electrons. The van der Waals surface area contributed by atoms with Crippen LogP contribution in [0.4, 0.5) is 5.69 Å². The molecule has 0 unspecified atom stereocenters. The number of carbonyl (C=O) groups is 2. The highest BCUT2D eigenvalue weighted by molar-refractivity contribution is 6.39. The fourth-order valence-electron chi connectivity index (χ4n) is 0.963. The molecule has 5 N–H and O–H groups in total. The van der Waals surface area contributed by atoms with Crippen molar-refractivity contribution in [1.29, 1.82) is 0 Å². The van der Waals surface area contributed by atoms with Crippen molar-refractivity contribution in [2.45, 2.75) is 6.54 Å². The van der Waals surface area contributed by atoms with Crippen LogP contribution in [0.3, 0.4) is 0 Å². The molecule has 0 aliphatic rings. The van der Waals surface area contributed by atoms with E-state index in [0.717, 1.165) is 5.56 Å². The second-order valence-electron chi connectivity index (χ2n) is 2.80. The molecule has 0 aromatic heterocycles. The second-order valence-corrected chi connectivity index (χ2v) is 2.80. The summed E-state index contributed by atoms with van der Waals surface area (Å²) in [7, 11) is 0. The molecule has 15 heavy (non-hydrogen) atoms. The molecular weight excluding hydrogens is 198 g/mol. The van der Waals surface area contributed by atoms with Gasteiger partial charge in [-0.1, -0.05) is 12.1 Å². The average Bonchev–Trinajstić information content (AvgIpc) is 2.29. The van der Waals surface area contributed by atoms with Gasteiger partial charge in [-0.2, -0.15) is 0 Å². The zero-order valence-electron chi connectivity index (χ0n) is 7.86. The van der Waals surface area contributed by atoms with E-state index < -0.39 is 11.8 Å². The summed E-state index contributed by atoms with van der Waals surface area (Å²) in [6.45, 7) is 0.408. The normalized spacial score (nSPS) is 9.47. The van der Waals surface area contributed by atoms with Crippen molar-refractivity contribution in [3.63, 3.8) is 0 Å². The summed E-state index contributed by atoms with van der Waals surface area (Å²) >= 11 is 0. The quantitative estimate of drug-likeness (QED) is 0.302. The molecule has 0 saturated carbocycles. The first-order chi connectivity index (χ1) is 7.17. The van der Waals surface area contributed by atoms with Gasteiger partial charge < -0.3 is 11.1 Å². The minimum absolute atomic E-state index is 0.408. The van der Waals surface area contributed by atoms with Crippen LogP contribution in [0.1, 0.15) is 5.56 Å². The molecule has 1 rings (SSSR count). The van der Waals surface area contributed by atoms with Crippen LogP contribution >= 0.6 is 0 Å². The SMILES string of the molecule is NCc1ccc(NC(=O)C(=O)NO)cc1. The summed E-state index contributed by atoms with van der Waals surface area (Å²) in [6, 6.07) is 6.69. The maximum Gasteiger partial charge on any atom is 0.332 e. The van der Waals surface area contributed by atoms with Crippen molar-refractivity contribution in [3.8, 4) is 0 Å². The van der Waals surface area contributed by atoms with E-state index in [1.165, 1.54) is 5.48 Å². The zero-order valence-corrected chi connectivity index (χ0v) is 7.86. The van der Waals surface area contributed by atoms with E-state index >= 15 is 0 Å². The molecular formula is C9H11N3O3. The first-order valence-corrected chi connectivity index (χ1v) is 4.22. The van der Waals surface area contributed by atoms with E-state index in [4.69, 9.17) is 10.9 Å². The minimum Gasteiger partial charge on any atom is -0.326 e. The molecule has 0 atom stereocenters. The third-order valence-corrected chi connectivity index (χ3v) is 1.76. The number of hydrogen-bond donors (Lipinski definition) is 4. The van der Waals surface area contributed by atoms with E-state index in [1.807, 2.05) is 0 Å². The van der Waals surface area contributed by atoms with Crippen LogP contribution in [-0.4, -0.2) is 17.0 Å². The van der Waals surface area contributed by atoms with Crippen LogP contribution in [0, 0.1) is 0 Å². The lowest BCUT2D eigenvalue weighted by Gasteiger charge is -2.04. The molecule has 6 nitrogen and oxygen atoms in total. The molecule has 0 fully saturated rings. The standard InChI is InChI=1S/C9H11N3O3/c10-5-6-1-3-7(4-2-6)11-8(13)9(14)12-15/h1-4,15H,5,10H2,(H,11,13)(H,12,14). The lowest BCUT2D eigenvalue weighted by atomic mass is 10.2. The zero-order chi connectivity index (χ0) is 11.3. The molecule has 2 amide bonds. The summed E-state index contributed by atoms with van der Waals surface area (Å²) in [5.41, 5.74) is 8.00. The van der Waals surface area contributed by atoms with Crippen molar-refractivity contribution < 1.29 is 14.8 Å². The number of carbonyl (C=O) groups excluding carboxylic acids is 2. The van der Waals surface area contributed by atoms with Crippen molar-refractivity contribution >= 4 is 17.5 Å². The van der Waals surface area contributed by atoms with Gasteiger partial charge in [0.1, 0.15) is 0 Å². The maximum absolute atomic E-state index is 11.0. The van der Waals surface area contributed by atoms with E-state index in [-0.39, 0.29) is 0 Å². The van der Waals surface area contributed by atoms with Gasteiger partial charge in [0, 0.05) is 12.2 Å². The van der Waals surface area contributed by atoms with Gasteiger partial charge in [-0.15, -0.1) is 0 Å². The van der Waals surface area contributed by atoms with Crippen molar-refractivity contribution in [1.82, 2.24) is 5.48 Å². The van der Waals surface area contributed by atoms with Gasteiger partial charge >= 0.3 is 11.8 Å². The van der Waals surface area contributed by atoms with Gasteiger partial charge in [-0.25, -0.2) is 5.48 Å². The van der Waals surface area contributed by atoms with Gasteiger partial charge in [-0.05, 0) is 17.7 Å². The minimum atomic E-state index is -1.11. The largest absolute Gasteiger partial charge is 0.332 e. The molecule has 1 aromatic rings. The highest BCUT2D eigenvalue weighted by Gasteiger charge is 2.11. The number of nitrogens with two attached hydrogens (primary N) is 1. The van der Waals surface area contributed by atoms with Gasteiger partial charge in [0.25, 0.3) is 0 Å². The summed E-state index contributed by atoms with van der Waals surface area (Å²) < 4.78 is 0. The van der Waals surface area contributed by atoms with Crippen LogP contribution < -0.4 is 16.5 Å². The van der Waals surface area contributed by atoms with Crippen LogP contribution in [0.15, 0.2) is 24.3 Å². The van der Waals surface area contributed by atoms with E-state index in [1.54, 1.807) is 24.3 Å². The molecule has 1 aromatic carbocycles. The topological polar surface area (TPSA) is 104 Å². The number of nitrogens with one attached hydrogen (secondary N) is 2. The second kappa shape index (κ2) is 5.08. The fraction of sp³-hybridized carbons (Fsp3) is 0.111. The van der Waals surface area contributed by atoms with E-state index in [2.05, 4.69) is 5.32 Å². The number of hydrogen-bond acceptors (Lipinski definition) is 4. The summed E-state index contributed by atoms with van der Waals surface area (Å²) in [4.78, 5) is 21.6. The molecule has 0 aliphatic heterocycles. The maximum atomic E-state index is 11.0. The third-order valence-electron chi connectivity index (χ3n) is 1.76.